The molecule has 0 spiro atoms. The van der Waals surface area contributed by atoms with Crippen LogP contribution in [-0.4, -0.2) is 42.0 Å². The molecule has 27 heavy (non-hydrogen) atoms. The number of aromatic nitrogens is 5. The average Bonchev–Trinajstić information content (AvgIpc) is 3.13. The van der Waals surface area contributed by atoms with Crippen LogP contribution in [0, 0.1) is 0 Å². The first-order chi connectivity index (χ1) is 13.3. The molecule has 3 aromatic rings. The Morgan fingerprint density at radius 2 is 1.93 bits per heavy atom. The van der Waals surface area contributed by atoms with Gasteiger partial charge in [-0.15, -0.1) is 0 Å². The Labute approximate surface area is 160 Å². The van der Waals surface area contributed by atoms with Gasteiger partial charge >= 0.3 is 0 Å². The number of piperidine rings is 1. The first kappa shape index (κ1) is 17.8. The summed E-state index contributed by atoms with van der Waals surface area (Å²) < 4.78 is 2.12. The molecular formula is C21H26N6. The lowest BCUT2D eigenvalue weighted by atomic mass is 9.97. The maximum absolute atomic E-state index is 4.52. The number of nitrogens with zero attached hydrogens (tertiary/aromatic N) is 6. The highest BCUT2D eigenvalue weighted by Crippen LogP contribution is 2.23. The van der Waals surface area contributed by atoms with Crippen molar-refractivity contribution in [1.82, 2.24) is 29.4 Å². The third-order valence-corrected chi connectivity index (χ3v) is 5.36. The lowest BCUT2D eigenvalue weighted by molar-refractivity contribution is 0.131. The van der Waals surface area contributed by atoms with Crippen molar-refractivity contribution in [2.24, 2.45) is 7.05 Å². The highest BCUT2D eigenvalue weighted by molar-refractivity contribution is 5.47. The molecule has 0 unspecified atom stereocenters. The minimum Gasteiger partial charge on any atom is -0.338 e. The Balaban J connectivity index is 1.39. The number of aryl methyl sites for hydroxylation is 2. The summed E-state index contributed by atoms with van der Waals surface area (Å²) in [6.07, 6.45) is 15.6. The molecule has 4 rings (SSSR count). The van der Waals surface area contributed by atoms with Gasteiger partial charge in [-0.25, -0.2) is 15.0 Å². The first-order valence-corrected chi connectivity index (χ1v) is 9.72. The van der Waals surface area contributed by atoms with Crippen LogP contribution < -0.4 is 0 Å². The maximum Gasteiger partial charge on any atom is 0.178 e. The van der Waals surface area contributed by atoms with E-state index < -0.39 is 0 Å². The molecule has 0 amide bonds. The number of imidazole rings is 1. The van der Waals surface area contributed by atoms with Crippen LogP contribution in [-0.2, 0) is 20.0 Å². The second-order valence-corrected chi connectivity index (χ2v) is 7.24. The minimum absolute atomic E-state index is 0.603. The number of likely N-dealkylation sites (tertiary alicyclic amines) is 1. The van der Waals surface area contributed by atoms with E-state index >= 15 is 0 Å². The molecule has 140 valence electrons. The van der Waals surface area contributed by atoms with E-state index in [0.717, 1.165) is 31.6 Å². The fourth-order valence-electron chi connectivity index (χ4n) is 3.83. The molecule has 6 heteroatoms. The first-order valence-electron chi connectivity index (χ1n) is 9.72. The van der Waals surface area contributed by atoms with Crippen molar-refractivity contribution in [2.75, 3.05) is 6.54 Å². The van der Waals surface area contributed by atoms with Crippen LogP contribution in [0.3, 0.4) is 0 Å². The monoisotopic (exact) mass is 362 g/mol. The van der Waals surface area contributed by atoms with Crippen molar-refractivity contribution in [3.63, 3.8) is 0 Å². The molecule has 0 N–H and O–H groups in total. The van der Waals surface area contributed by atoms with E-state index in [-0.39, 0.29) is 0 Å². The summed E-state index contributed by atoms with van der Waals surface area (Å²) in [5.74, 6) is 1.85. The van der Waals surface area contributed by atoms with Gasteiger partial charge in [0.2, 0.25) is 0 Å². The summed E-state index contributed by atoms with van der Waals surface area (Å²) in [4.78, 5) is 20.4. The largest absolute Gasteiger partial charge is 0.338 e. The third kappa shape index (κ3) is 4.39. The Morgan fingerprint density at radius 3 is 2.67 bits per heavy atom. The van der Waals surface area contributed by atoms with Crippen LogP contribution in [0.15, 0.2) is 49.2 Å². The van der Waals surface area contributed by atoms with Crippen LogP contribution in [0.5, 0.6) is 0 Å². The zero-order chi connectivity index (χ0) is 18.5. The van der Waals surface area contributed by atoms with E-state index in [1.54, 1.807) is 6.20 Å². The van der Waals surface area contributed by atoms with Crippen molar-refractivity contribution < 1.29 is 0 Å². The quantitative estimate of drug-likeness (QED) is 0.674. The molecule has 0 saturated carbocycles. The molecule has 1 saturated heterocycles. The molecule has 1 fully saturated rings. The van der Waals surface area contributed by atoms with Gasteiger partial charge in [0, 0.05) is 62.6 Å². The van der Waals surface area contributed by atoms with Gasteiger partial charge in [-0.1, -0.05) is 12.5 Å². The molecule has 1 aliphatic heterocycles. The number of rotatable bonds is 6. The number of pyridine rings is 1. The summed E-state index contributed by atoms with van der Waals surface area (Å²) in [6, 6.07) is 6.40. The van der Waals surface area contributed by atoms with Gasteiger partial charge in [-0.2, -0.15) is 0 Å². The molecule has 3 aromatic heterocycles. The van der Waals surface area contributed by atoms with E-state index in [2.05, 4.69) is 36.5 Å². The minimum atomic E-state index is 0.603. The van der Waals surface area contributed by atoms with Crippen molar-refractivity contribution in [2.45, 2.75) is 44.7 Å². The summed E-state index contributed by atoms with van der Waals surface area (Å²) in [6.45, 7) is 2.06. The van der Waals surface area contributed by atoms with Crippen LogP contribution in [0.1, 0.15) is 37.1 Å². The fraction of sp³-hybridized carbons (Fsp3) is 0.429. The SMILES string of the molecule is Cn1ccnc1CC[C@H]1CCCCN1Cc1cnc(-c2ccccn2)nc1. The summed E-state index contributed by atoms with van der Waals surface area (Å²) >= 11 is 0. The second-order valence-electron chi connectivity index (χ2n) is 7.24. The molecule has 1 atom stereocenters. The Bertz CT molecular complexity index is 843. The fourth-order valence-corrected chi connectivity index (χ4v) is 3.83. The van der Waals surface area contributed by atoms with E-state index in [1.165, 1.54) is 30.7 Å². The molecule has 4 heterocycles. The van der Waals surface area contributed by atoms with E-state index in [0.29, 0.717) is 11.9 Å². The van der Waals surface area contributed by atoms with Crippen LogP contribution in [0.25, 0.3) is 11.5 Å². The summed E-state index contributed by atoms with van der Waals surface area (Å²) in [7, 11) is 2.07. The standard InChI is InChI=1S/C21H26N6/c1-26-13-11-23-20(26)9-8-18-6-3-5-12-27(18)16-17-14-24-21(25-15-17)19-7-2-4-10-22-19/h2,4,7,10-11,13-15,18H,3,5-6,8-9,12,16H2,1H3/t18-/m1/s1. The van der Waals surface area contributed by atoms with Crippen LogP contribution >= 0.6 is 0 Å². The highest BCUT2D eigenvalue weighted by atomic mass is 15.2. The molecule has 0 bridgehead atoms. The lowest BCUT2D eigenvalue weighted by Crippen LogP contribution is -2.39. The van der Waals surface area contributed by atoms with Crippen molar-refractivity contribution >= 4 is 0 Å². The maximum atomic E-state index is 4.52. The van der Waals surface area contributed by atoms with Gasteiger partial charge in [-0.3, -0.25) is 9.88 Å². The van der Waals surface area contributed by atoms with Gasteiger partial charge in [0.15, 0.2) is 5.82 Å². The summed E-state index contributed by atoms with van der Waals surface area (Å²) in [5, 5.41) is 0. The Hall–Kier alpha value is -2.60. The van der Waals surface area contributed by atoms with E-state index in [1.807, 2.05) is 43.0 Å². The van der Waals surface area contributed by atoms with E-state index in [4.69, 9.17) is 0 Å². The topological polar surface area (TPSA) is 59.7 Å². The third-order valence-electron chi connectivity index (χ3n) is 5.36. The zero-order valence-electron chi connectivity index (χ0n) is 15.8. The van der Waals surface area contributed by atoms with Gasteiger partial charge in [-0.05, 0) is 37.9 Å². The van der Waals surface area contributed by atoms with Gasteiger partial charge in [0.05, 0.1) is 0 Å². The van der Waals surface area contributed by atoms with E-state index in [9.17, 15) is 0 Å². The number of hydrogen-bond acceptors (Lipinski definition) is 5. The smallest absolute Gasteiger partial charge is 0.178 e. The summed E-state index contributed by atoms with van der Waals surface area (Å²) in [5.41, 5.74) is 1.98. The van der Waals surface area contributed by atoms with Gasteiger partial charge in [0.1, 0.15) is 11.5 Å². The Morgan fingerprint density at radius 1 is 1.04 bits per heavy atom. The normalized spacial score (nSPS) is 17.9. The van der Waals surface area contributed by atoms with Crippen LogP contribution in [0.4, 0.5) is 0 Å². The van der Waals surface area contributed by atoms with Crippen molar-refractivity contribution in [3.8, 4) is 11.5 Å². The van der Waals surface area contributed by atoms with Crippen molar-refractivity contribution in [1.29, 1.82) is 0 Å². The molecule has 0 aliphatic carbocycles. The molecular weight excluding hydrogens is 336 g/mol. The molecule has 1 aliphatic rings. The highest BCUT2D eigenvalue weighted by Gasteiger charge is 2.23. The molecule has 0 radical (unpaired) electrons. The predicted octanol–water partition coefficient (Wildman–Crippen LogP) is 3.26. The average molecular weight is 362 g/mol. The van der Waals surface area contributed by atoms with Crippen LogP contribution in [0.2, 0.25) is 0 Å². The zero-order valence-corrected chi connectivity index (χ0v) is 15.8. The van der Waals surface area contributed by atoms with Crippen molar-refractivity contribution in [3.05, 3.63) is 60.6 Å². The lowest BCUT2D eigenvalue weighted by Gasteiger charge is -2.35. The molecule has 6 nitrogen and oxygen atoms in total. The predicted molar refractivity (Wildman–Crippen MR) is 105 cm³/mol. The van der Waals surface area contributed by atoms with Gasteiger partial charge < -0.3 is 4.57 Å². The number of hydrogen-bond donors (Lipinski definition) is 0. The Kier molecular flexibility index (Phi) is 5.53. The second kappa shape index (κ2) is 8.39. The van der Waals surface area contributed by atoms with Gasteiger partial charge in [0.25, 0.3) is 0 Å². The molecule has 0 aromatic carbocycles.